The van der Waals surface area contributed by atoms with Crippen LogP contribution >= 0.6 is 74.6 Å². The second kappa shape index (κ2) is 9.44. The van der Waals surface area contributed by atoms with Gasteiger partial charge in [0.2, 0.25) is 3.79 Å². The minimum absolute atomic E-state index is 0.166. The van der Waals surface area contributed by atoms with Crippen molar-refractivity contribution in [3.05, 3.63) is 63.6 Å². The van der Waals surface area contributed by atoms with Crippen molar-refractivity contribution in [2.24, 2.45) is 0 Å². The standard InChI is InChI=1S/C16H12BrCl4N3OS/c17-9-4-3-5-10(8-9)22-15(26)24-14(16(19,20)21)23-13(25)11-6-1-2-7-12(11)18/h1-8,14H,(H,23,25)(H2,22,24,26). The number of thiocarbonyl (C=S) groups is 1. The molecule has 0 saturated carbocycles. The van der Waals surface area contributed by atoms with Crippen LogP contribution in [-0.4, -0.2) is 21.0 Å². The van der Waals surface area contributed by atoms with Crippen LogP contribution in [-0.2, 0) is 0 Å². The van der Waals surface area contributed by atoms with Gasteiger partial charge in [-0.25, -0.2) is 0 Å². The fraction of sp³-hybridized carbons (Fsp3) is 0.125. The number of rotatable bonds is 4. The lowest BCUT2D eigenvalue weighted by Crippen LogP contribution is -2.56. The van der Waals surface area contributed by atoms with E-state index in [4.69, 9.17) is 58.6 Å². The minimum atomic E-state index is -1.86. The molecular weight excluding hydrogens is 504 g/mol. The first-order valence-corrected chi connectivity index (χ1v) is 9.83. The van der Waals surface area contributed by atoms with Crippen molar-refractivity contribution in [3.8, 4) is 0 Å². The average Bonchev–Trinajstić information content (AvgIpc) is 2.53. The summed E-state index contributed by atoms with van der Waals surface area (Å²) < 4.78 is -0.991. The molecule has 138 valence electrons. The molecule has 0 aliphatic rings. The molecule has 2 aromatic rings. The van der Waals surface area contributed by atoms with Crippen molar-refractivity contribution < 1.29 is 4.79 Å². The van der Waals surface area contributed by atoms with E-state index in [0.717, 1.165) is 10.2 Å². The van der Waals surface area contributed by atoms with Gasteiger partial charge >= 0.3 is 0 Å². The highest BCUT2D eigenvalue weighted by Crippen LogP contribution is 2.29. The molecule has 10 heteroatoms. The Labute approximate surface area is 184 Å². The Morgan fingerprint density at radius 1 is 1.08 bits per heavy atom. The van der Waals surface area contributed by atoms with Crippen molar-refractivity contribution in [1.29, 1.82) is 0 Å². The third-order valence-corrected chi connectivity index (χ3v) is 4.78. The van der Waals surface area contributed by atoms with Crippen LogP contribution in [0.5, 0.6) is 0 Å². The summed E-state index contributed by atoms with van der Waals surface area (Å²) in [5.74, 6) is -0.510. The summed E-state index contributed by atoms with van der Waals surface area (Å²) >= 11 is 32.5. The summed E-state index contributed by atoms with van der Waals surface area (Å²) in [6, 6.07) is 13.9. The average molecular weight is 516 g/mol. The lowest BCUT2D eigenvalue weighted by molar-refractivity contribution is 0.0934. The van der Waals surface area contributed by atoms with E-state index in [-0.39, 0.29) is 15.7 Å². The van der Waals surface area contributed by atoms with Gasteiger partial charge in [0.1, 0.15) is 6.17 Å². The smallest absolute Gasteiger partial charge is 0.254 e. The molecular formula is C16H12BrCl4N3OS. The summed E-state index contributed by atoms with van der Waals surface area (Å²) in [7, 11) is 0. The van der Waals surface area contributed by atoms with E-state index in [1.165, 1.54) is 0 Å². The molecule has 0 bridgehead atoms. The Hall–Kier alpha value is -0.760. The number of halogens is 5. The van der Waals surface area contributed by atoms with Crippen LogP contribution in [0.4, 0.5) is 5.69 Å². The number of alkyl halides is 3. The molecule has 0 radical (unpaired) electrons. The van der Waals surface area contributed by atoms with Gasteiger partial charge in [-0.05, 0) is 42.5 Å². The minimum Gasteiger partial charge on any atom is -0.339 e. The van der Waals surface area contributed by atoms with Crippen LogP contribution in [0, 0.1) is 0 Å². The fourth-order valence-corrected chi connectivity index (χ4v) is 3.10. The van der Waals surface area contributed by atoms with Gasteiger partial charge in [0.25, 0.3) is 5.91 Å². The molecule has 1 unspecified atom stereocenters. The maximum absolute atomic E-state index is 12.4. The first kappa shape index (κ1) is 21.5. The van der Waals surface area contributed by atoms with Crippen LogP contribution < -0.4 is 16.0 Å². The molecule has 1 atom stereocenters. The number of carbonyl (C=O) groups excluding carboxylic acids is 1. The number of anilines is 1. The van der Waals surface area contributed by atoms with E-state index in [1.54, 1.807) is 24.3 Å². The molecule has 0 spiro atoms. The highest BCUT2D eigenvalue weighted by molar-refractivity contribution is 9.10. The van der Waals surface area contributed by atoms with Crippen molar-refractivity contribution in [2.45, 2.75) is 9.96 Å². The zero-order valence-electron chi connectivity index (χ0n) is 12.9. The van der Waals surface area contributed by atoms with E-state index in [9.17, 15) is 4.79 Å². The van der Waals surface area contributed by atoms with Crippen LogP contribution in [0.2, 0.25) is 5.02 Å². The van der Waals surface area contributed by atoms with Gasteiger partial charge < -0.3 is 16.0 Å². The second-order valence-corrected chi connectivity index (χ2v) is 9.14. The lowest BCUT2D eigenvalue weighted by Gasteiger charge is -2.28. The monoisotopic (exact) mass is 513 g/mol. The van der Waals surface area contributed by atoms with Crippen molar-refractivity contribution in [2.75, 3.05) is 5.32 Å². The lowest BCUT2D eigenvalue weighted by atomic mass is 10.2. The summed E-state index contributed by atoms with van der Waals surface area (Å²) in [4.78, 5) is 12.4. The third kappa shape index (κ3) is 6.44. The van der Waals surface area contributed by atoms with Crippen LogP contribution in [0.1, 0.15) is 10.4 Å². The molecule has 0 saturated heterocycles. The molecule has 1 amide bonds. The molecule has 2 rings (SSSR count). The van der Waals surface area contributed by atoms with Crippen molar-refractivity contribution in [3.63, 3.8) is 0 Å². The summed E-state index contributed by atoms with van der Waals surface area (Å²) in [5, 5.41) is 8.75. The summed E-state index contributed by atoms with van der Waals surface area (Å²) in [5.41, 5.74) is 0.971. The number of amides is 1. The summed E-state index contributed by atoms with van der Waals surface area (Å²) in [6.07, 6.45) is -1.09. The molecule has 4 nitrogen and oxygen atoms in total. The largest absolute Gasteiger partial charge is 0.339 e. The Kier molecular flexibility index (Phi) is 7.82. The zero-order valence-corrected chi connectivity index (χ0v) is 18.3. The fourth-order valence-electron chi connectivity index (χ4n) is 1.92. The quantitative estimate of drug-likeness (QED) is 0.285. The van der Waals surface area contributed by atoms with Gasteiger partial charge in [-0.15, -0.1) is 0 Å². The first-order valence-electron chi connectivity index (χ1n) is 7.12. The van der Waals surface area contributed by atoms with Gasteiger partial charge in [-0.2, -0.15) is 0 Å². The van der Waals surface area contributed by atoms with Gasteiger partial charge in [0.15, 0.2) is 5.11 Å². The van der Waals surface area contributed by atoms with Crippen molar-refractivity contribution >= 4 is 91.3 Å². The molecule has 0 aliphatic heterocycles. The zero-order chi connectivity index (χ0) is 19.3. The maximum Gasteiger partial charge on any atom is 0.254 e. The number of benzene rings is 2. The highest BCUT2D eigenvalue weighted by Gasteiger charge is 2.35. The number of hydrogen-bond donors (Lipinski definition) is 3. The second-order valence-electron chi connectivity index (χ2n) is 5.04. The molecule has 3 N–H and O–H groups in total. The Balaban J connectivity index is 2.09. The molecule has 0 heterocycles. The topological polar surface area (TPSA) is 53.2 Å². The van der Waals surface area contributed by atoms with Gasteiger partial charge in [-0.3, -0.25) is 4.79 Å². The highest BCUT2D eigenvalue weighted by atomic mass is 79.9. The molecule has 0 fully saturated rings. The molecule has 0 aliphatic carbocycles. The van der Waals surface area contributed by atoms with Crippen LogP contribution in [0.25, 0.3) is 0 Å². The Morgan fingerprint density at radius 2 is 1.77 bits per heavy atom. The van der Waals surface area contributed by atoms with Crippen LogP contribution in [0.3, 0.4) is 0 Å². The predicted molar refractivity (Wildman–Crippen MR) is 116 cm³/mol. The predicted octanol–water partition coefficient (Wildman–Crippen LogP) is 5.52. The summed E-state index contributed by atoms with van der Waals surface area (Å²) in [6.45, 7) is 0. The van der Waals surface area contributed by atoms with E-state index in [1.807, 2.05) is 24.3 Å². The number of hydrogen-bond acceptors (Lipinski definition) is 2. The third-order valence-electron chi connectivity index (χ3n) is 3.08. The van der Waals surface area contributed by atoms with E-state index < -0.39 is 15.9 Å². The Morgan fingerprint density at radius 3 is 2.38 bits per heavy atom. The van der Waals surface area contributed by atoms with Gasteiger partial charge in [0.05, 0.1) is 10.6 Å². The molecule has 2 aromatic carbocycles. The number of nitrogens with one attached hydrogen (secondary N) is 3. The van der Waals surface area contributed by atoms with E-state index >= 15 is 0 Å². The van der Waals surface area contributed by atoms with Crippen molar-refractivity contribution in [1.82, 2.24) is 10.6 Å². The maximum atomic E-state index is 12.4. The van der Waals surface area contributed by atoms with Gasteiger partial charge in [0, 0.05) is 10.2 Å². The number of carbonyl (C=O) groups is 1. The molecule has 0 aromatic heterocycles. The normalized spacial score (nSPS) is 12.2. The molecule has 26 heavy (non-hydrogen) atoms. The van der Waals surface area contributed by atoms with E-state index in [0.29, 0.717) is 0 Å². The SMILES string of the molecule is O=C(NC(NC(=S)Nc1cccc(Br)c1)C(Cl)(Cl)Cl)c1ccccc1Cl. The van der Waals surface area contributed by atoms with Gasteiger partial charge in [-0.1, -0.05) is 80.5 Å². The van der Waals surface area contributed by atoms with E-state index in [2.05, 4.69) is 31.9 Å². The Bertz CT molecular complexity index is 816. The first-order chi connectivity index (χ1) is 12.2. The van der Waals surface area contributed by atoms with Crippen LogP contribution in [0.15, 0.2) is 53.0 Å².